The third-order valence-electron chi connectivity index (χ3n) is 2.22. The molecule has 0 bridgehead atoms. The number of nitrogens with zero attached hydrogens (tertiary/aromatic N) is 3. The molecule has 1 aromatic heterocycles. The minimum absolute atomic E-state index is 0.620. The molecule has 0 spiro atoms. The third-order valence-corrected chi connectivity index (χ3v) is 3.25. The predicted molar refractivity (Wildman–Crippen MR) is 64.1 cm³/mol. The molecule has 0 saturated carbocycles. The molecule has 1 atom stereocenters. The molecule has 15 heavy (non-hydrogen) atoms. The van der Waals surface area contributed by atoms with Gasteiger partial charge in [-0.15, -0.1) is 10.2 Å². The van der Waals surface area contributed by atoms with E-state index >= 15 is 0 Å². The summed E-state index contributed by atoms with van der Waals surface area (Å²) in [6.07, 6.45) is 4.22. The van der Waals surface area contributed by atoms with Crippen LogP contribution in [0.5, 0.6) is 0 Å². The first-order chi connectivity index (χ1) is 7.24. The standard InChI is InChI=1S/C10H20N4S/c1-4-5-9(2)11-6-7-15-10-13-12-8-14(10)3/h8-9,11H,4-7H2,1-3H3. The SMILES string of the molecule is CCCC(C)NCCSc1nncn1C. The quantitative estimate of drug-likeness (QED) is 0.569. The van der Waals surface area contributed by atoms with E-state index in [1.165, 1.54) is 12.8 Å². The Morgan fingerprint density at radius 1 is 1.60 bits per heavy atom. The second-order valence-corrected chi connectivity index (χ2v) is 4.78. The van der Waals surface area contributed by atoms with Gasteiger partial charge in [-0.25, -0.2) is 0 Å². The van der Waals surface area contributed by atoms with E-state index in [4.69, 9.17) is 0 Å². The fourth-order valence-electron chi connectivity index (χ4n) is 1.39. The van der Waals surface area contributed by atoms with Gasteiger partial charge in [-0.2, -0.15) is 0 Å². The van der Waals surface area contributed by atoms with Crippen LogP contribution in [0.3, 0.4) is 0 Å². The molecule has 0 fully saturated rings. The van der Waals surface area contributed by atoms with Crippen LogP contribution in [0.2, 0.25) is 0 Å². The summed E-state index contributed by atoms with van der Waals surface area (Å²) in [5.41, 5.74) is 0. The number of hydrogen-bond acceptors (Lipinski definition) is 4. The lowest BCUT2D eigenvalue weighted by atomic mass is 10.2. The number of thioether (sulfide) groups is 1. The summed E-state index contributed by atoms with van der Waals surface area (Å²) >= 11 is 1.74. The van der Waals surface area contributed by atoms with Gasteiger partial charge in [0.1, 0.15) is 6.33 Å². The van der Waals surface area contributed by atoms with Crippen molar-refractivity contribution in [2.45, 2.75) is 37.9 Å². The van der Waals surface area contributed by atoms with Crippen LogP contribution in [-0.2, 0) is 7.05 Å². The zero-order valence-electron chi connectivity index (χ0n) is 9.73. The molecule has 0 aromatic carbocycles. The van der Waals surface area contributed by atoms with E-state index < -0.39 is 0 Å². The summed E-state index contributed by atoms with van der Waals surface area (Å²) in [5.74, 6) is 1.04. The van der Waals surface area contributed by atoms with E-state index in [1.54, 1.807) is 18.1 Å². The maximum atomic E-state index is 4.02. The predicted octanol–water partition coefficient (Wildman–Crippen LogP) is 1.69. The Kier molecular flexibility index (Phi) is 5.71. The Bertz CT molecular complexity index is 274. The number of rotatable bonds is 7. The molecule has 4 nitrogen and oxygen atoms in total. The smallest absolute Gasteiger partial charge is 0.190 e. The minimum atomic E-state index is 0.620. The van der Waals surface area contributed by atoms with Crippen molar-refractivity contribution in [1.82, 2.24) is 20.1 Å². The lowest BCUT2D eigenvalue weighted by Gasteiger charge is -2.11. The Morgan fingerprint density at radius 3 is 3.00 bits per heavy atom. The Balaban J connectivity index is 2.09. The Morgan fingerprint density at radius 2 is 2.40 bits per heavy atom. The molecule has 86 valence electrons. The van der Waals surface area contributed by atoms with Crippen LogP contribution in [0, 0.1) is 0 Å². The van der Waals surface area contributed by atoms with Gasteiger partial charge in [-0.1, -0.05) is 25.1 Å². The number of hydrogen-bond donors (Lipinski definition) is 1. The van der Waals surface area contributed by atoms with Crippen LogP contribution < -0.4 is 5.32 Å². The molecule has 1 rings (SSSR count). The molecule has 1 aromatic rings. The highest BCUT2D eigenvalue weighted by molar-refractivity contribution is 7.99. The van der Waals surface area contributed by atoms with Crippen LogP contribution >= 0.6 is 11.8 Å². The van der Waals surface area contributed by atoms with E-state index in [9.17, 15) is 0 Å². The van der Waals surface area contributed by atoms with Crippen molar-refractivity contribution in [1.29, 1.82) is 0 Å². The van der Waals surface area contributed by atoms with Crippen molar-refractivity contribution < 1.29 is 0 Å². The zero-order valence-corrected chi connectivity index (χ0v) is 10.5. The summed E-state index contributed by atoms with van der Waals surface area (Å²) in [6, 6.07) is 0.620. The molecule has 0 aliphatic carbocycles. The minimum Gasteiger partial charge on any atom is -0.313 e. The molecule has 1 unspecified atom stereocenters. The molecule has 5 heteroatoms. The highest BCUT2D eigenvalue weighted by Gasteiger charge is 2.02. The molecule has 0 aliphatic rings. The van der Waals surface area contributed by atoms with E-state index in [0.717, 1.165) is 17.5 Å². The average Bonchev–Trinajstić information content (AvgIpc) is 2.60. The molecule has 0 aliphatic heterocycles. The summed E-state index contributed by atoms with van der Waals surface area (Å²) in [7, 11) is 1.97. The maximum absolute atomic E-state index is 4.02. The summed E-state index contributed by atoms with van der Waals surface area (Å²) in [5, 5.41) is 12.3. The second-order valence-electron chi connectivity index (χ2n) is 3.72. The number of aromatic nitrogens is 3. The van der Waals surface area contributed by atoms with Crippen LogP contribution in [0.1, 0.15) is 26.7 Å². The molecule has 1 heterocycles. The van der Waals surface area contributed by atoms with Crippen molar-refractivity contribution in [3.05, 3.63) is 6.33 Å². The van der Waals surface area contributed by atoms with Gasteiger partial charge < -0.3 is 9.88 Å². The van der Waals surface area contributed by atoms with Crippen molar-refractivity contribution in [2.24, 2.45) is 7.05 Å². The highest BCUT2D eigenvalue weighted by Crippen LogP contribution is 2.11. The molecule has 0 radical (unpaired) electrons. The second kappa shape index (κ2) is 6.85. The first-order valence-corrected chi connectivity index (χ1v) is 6.42. The summed E-state index contributed by atoms with van der Waals surface area (Å²) in [6.45, 7) is 5.47. The largest absolute Gasteiger partial charge is 0.313 e. The molecular formula is C10H20N4S. The normalized spacial score (nSPS) is 13.0. The van der Waals surface area contributed by atoms with Gasteiger partial charge in [0.15, 0.2) is 5.16 Å². The van der Waals surface area contributed by atoms with Crippen LogP contribution in [0.4, 0.5) is 0 Å². The zero-order chi connectivity index (χ0) is 11.1. The number of aryl methyl sites for hydroxylation is 1. The third kappa shape index (κ3) is 4.66. The Labute approximate surface area is 95.9 Å². The van der Waals surface area contributed by atoms with Crippen LogP contribution in [-0.4, -0.2) is 33.1 Å². The number of nitrogens with one attached hydrogen (secondary N) is 1. The fraction of sp³-hybridized carbons (Fsp3) is 0.800. The monoisotopic (exact) mass is 228 g/mol. The van der Waals surface area contributed by atoms with Crippen molar-refractivity contribution >= 4 is 11.8 Å². The van der Waals surface area contributed by atoms with Gasteiger partial charge in [0.25, 0.3) is 0 Å². The molecular weight excluding hydrogens is 208 g/mol. The van der Waals surface area contributed by atoms with Crippen molar-refractivity contribution in [2.75, 3.05) is 12.3 Å². The summed E-state index contributed by atoms with van der Waals surface area (Å²) < 4.78 is 1.94. The van der Waals surface area contributed by atoms with Gasteiger partial charge in [-0.3, -0.25) is 0 Å². The van der Waals surface area contributed by atoms with Crippen LogP contribution in [0.15, 0.2) is 11.5 Å². The van der Waals surface area contributed by atoms with E-state index in [0.29, 0.717) is 6.04 Å². The first-order valence-electron chi connectivity index (χ1n) is 5.44. The Hall–Kier alpha value is -0.550. The van der Waals surface area contributed by atoms with Crippen molar-refractivity contribution in [3.63, 3.8) is 0 Å². The fourth-order valence-corrected chi connectivity index (χ4v) is 2.14. The summed E-state index contributed by atoms with van der Waals surface area (Å²) in [4.78, 5) is 0. The van der Waals surface area contributed by atoms with Gasteiger partial charge >= 0.3 is 0 Å². The molecule has 1 N–H and O–H groups in total. The van der Waals surface area contributed by atoms with Gasteiger partial charge in [0.05, 0.1) is 0 Å². The van der Waals surface area contributed by atoms with E-state index in [1.807, 2.05) is 11.6 Å². The van der Waals surface area contributed by atoms with Gasteiger partial charge in [-0.05, 0) is 13.3 Å². The lowest BCUT2D eigenvalue weighted by Crippen LogP contribution is -2.27. The van der Waals surface area contributed by atoms with E-state index in [2.05, 4.69) is 29.4 Å². The molecule has 0 saturated heterocycles. The average molecular weight is 228 g/mol. The first kappa shape index (κ1) is 12.5. The van der Waals surface area contributed by atoms with Crippen LogP contribution in [0.25, 0.3) is 0 Å². The lowest BCUT2D eigenvalue weighted by molar-refractivity contribution is 0.526. The topological polar surface area (TPSA) is 42.7 Å². The van der Waals surface area contributed by atoms with E-state index in [-0.39, 0.29) is 0 Å². The maximum Gasteiger partial charge on any atom is 0.190 e. The highest BCUT2D eigenvalue weighted by atomic mass is 32.2. The van der Waals surface area contributed by atoms with Gasteiger partial charge in [0, 0.05) is 25.4 Å². The van der Waals surface area contributed by atoms with Gasteiger partial charge in [0.2, 0.25) is 0 Å². The van der Waals surface area contributed by atoms with Crippen molar-refractivity contribution in [3.8, 4) is 0 Å². The molecule has 0 amide bonds.